The molecule has 0 bridgehead atoms. The fourth-order valence-corrected chi connectivity index (χ4v) is 3.23. The van der Waals surface area contributed by atoms with Gasteiger partial charge in [-0.05, 0) is 30.3 Å². The molecular formula is C15H14ClN3OS. The summed E-state index contributed by atoms with van der Waals surface area (Å²) < 4.78 is 6.39. The lowest BCUT2D eigenvalue weighted by atomic mass is 10.2. The van der Waals surface area contributed by atoms with Crippen LogP contribution in [0.5, 0.6) is 5.75 Å². The van der Waals surface area contributed by atoms with E-state index in [0.29, 0.717) is 11.6 Å². The van der Waals surface area contributed by atoms with Crippen molar-refractivity contribution in [2.45, 2.75) is 6.54 Å². The zero-order valence-electron chi connectivity index (χ0n) is 11.4. The summed E-state index contributed by atoms with van der Waals surface area (Å²) in [6, 6.07) is 11.3. The van der Waals surface area contributed by atoms with Gasteiger partial charge in [0.25, 0.3) is 0 Å². The normalized spacial score (nSPS) is 10.8. The Labute approximate surface area is 131 Å². The second kappa shape index (κ2) is 5.79. The van der Waals surface area contributed by atoms with Crippen molar-refractivity contribution in [3.8, 4) is 5.75 Å². The average molecular weight is 320 g/mol. The Morgan fingerprint density at radius 2 is 2.19 bits per heavy atom. The number of hydrogen-bond donors (Lipinski definition) is 2. The van der Waals surface area contributed by atoms with E-state index in [0.717, 1.165) is 32.3 Å². The molecule has 108 valence electrons. The monoisotopic (exact) mass is 319 g/mol. The minimum Gasteiger partial charge on any atom is -0.496 e. The Morgan fingerprint density at radius 3 is 3.00 bits per heavy atom. The van der Waals surface area contributed by atoms with E-state index in [-0.39, 0.29) is 0 Å². The van der Waals surface area contributed by atoms with E-state index in [4.69, 9.17) is 22.1 Å². The van der Waals surface area contributed by atoms with Gasteiger partial charge in [0.15, 0.2) is 5.13 Å². The highest BCUT2D eigenvalue weighted by atomic mass is 35.5. The zero-order chi connectivity index (χ0) is 14.8. The van der Waals surface area contributed by atoms with E-state index < -0.39 is 0 Å². The first-order chi connectivity index (χ1) is 10.2. The van der Waals surface area contributed by atoms with Crippen LogP contribution in [-0.2, 0) is 6.54 Å². The molecule has 0 unspecified atom stereocenters. The van der Waals surface area contributed by atoms with E-state index in [1.54, 1.807) is 18.4 Å². The molecule has 0 saturated heterocycles. The summed E-state index contributed by atoms with van der Waals surface area (Å²) in [4.78, 5) is 4.52. The zero-order valence-corrected chi connectivity index (χ0v) is 13.0. The van der Waals surface area contributed by atoms with Crippen LogP contribution in [0.4, 0.5) is 10.8 Å². The van der Waals surface area contributed by atoms with E-state index in [9.17, 15) is 0 Å². The predicted molar refractivity (Wildman–Crippen MR) is 89.4 cm³/mol. The Hall–Kier alpha value is -1.98. The number of rotatable bonds is 4. The van der Waals surface area contributed by atoms with Gasteiger partial charge in [-0.15, -0.1) is 0 Å². The quantitative estimate of drug-likeness (QED) is 0.709. The molecule has 3 rings (SSSR count). The molecule has 3 aromatic rings. The average Bonchev–Trinajstić information content (AvgIpc) is 2.87. The fraction of sp³-hybridized carbons (Fsp3) is 0.133. The SMILES string of the molecule is COc1cccc(Cl)c1CNc1nc2ccc(N)cc2s1. The number of ether oxygens (including phenoxy) is 1. The number of nitrogens with two attached hydrogens (primary N) is 1. The number of benzene rings is 2. The summed E-state index contributed by atoms with van der Waals surface area (Å²) in [6.07, 6.45) is 0. The first-order valence-electron chi connectivity index (χ1n) is 6.38. The first kappa shape index (κ1) is 14.0. The van der Waals surface area contributed by atoms with Crippen molar-refractivity contribution in [1.29, 1.82) is 0 Å². The molecule has 3 N–H and O–H groups in total. The molecule has 0 atom stereocenters. The molecule has 21 heavy (non-hydrogen) atoms. The number of nitrogen functional groups attached to an aromatic ring is 1. The number of nitrogens with one attached hydrogen (secondary N) is 1. The summed E-state index contributed by atoms with van der Waals surface area (Å²) in [7, 11) is 1.63. The van der Waals surface area contributed by atoms with Crippen molar-refractivity contribution >= 4 is 44.0 Å². The van der Waals surface area contributed by atoms with Gasteiger partial charge in [0.05, 0.1) is 17.3 Å². The first-order valence-corrected chi connectivity index (χ1v) is 7.58. The van der Waals surface area contributed by atoms with Crippen molar-refractivity contribution in [1.82, 2.24) is 4.98 Å². The van der Waals surface area contributed by atoms with Crippen molar-refractivity contribution in [2.24, 2.45) is 0 Å². The van der Waals surface area contributed by atoms with Gasteiger partial charge in [-0.3, -0.25) is 0 Å². The summed E-state index contributed by atoms with van der Waals surface area (Å²) in [5, 5.41) is 4.79. The molecule has 4 nitrogen and oxygen atoms in total. The molecule has 0 fully saturated rings. The van der Waals surface area contributed by atoms with Gasteiger partial charge in [-0.25, -0.2) is 4.98 Å². The van der Waals surface area contributed by atoms with Crippen LogP contribution in [0, 0.1) is 0 Å². The van der Waals surface area contributed by atoms with Crippen molar-refractivity contribution in [3.05, 3.63) is 47.0 Å². The van der Waals surface area contributed by atoms with Crippen LogP contribution in [0.2, 0.25) is 5.02 Å². The van der Waals surface area contributed by atoms with Crippen LogP contribution in [0.1, 0.15) is 5.56 Å². The maximum Gasteiger partial charge on any atom is 0.184 e. The molecule has 0 aliphatic heterocycles. The van der Waals surface area contributed by atoms with Crippen LogP contribution in [0.15, 0.2) is 36.4 Å². The number of methoxy groups -OCH3 is 1. The van der Waals surface area contributed by atoms with E-state index in [1.807, 2.05) is 36.4 Å². The van der Waals surface area contributed by atoms with Gasteiger partial charge >= 0.3 is 0 Å². The smallest absolute Gasteiger partial charge is 0.184 e. The van der Waals surface area contributed by atoms with Gasteiger partial charge in [-0.2, -0.15) is 0 Å². The Bertz CT molecular complexity index is 788. The van der Waals surface area contributed by atoms with Gasteiger partial charge in [-0.1, -0.05) is 29.0 Å². The molecule has 0 aliphatic rings. The summed E-state index contributed by atoms with van der Waals surface area (Å²) >= 11 is 7.78. The van der Waals surface area contributed by atoms with Crippen LogP contribution < -0.4 is 15.8 Å². The van der Waals surface area contributed by atoms with E-state index in [1.165, 1.54) is 0 Å². The molecule has 1 heterocycles. The van der Waals surface area contributed by atoms with Crippen molar-refractivity contribution < 1.29 is 4.74 Å². The number of aromatic nitrogens is 1. The molecule has 6 heteroatoms. The topological polar surface area (TPSA) is 60.2 Å². The minimum absolute atomic E-state index is 0.554. The highest BCUT2D eigenvalue weighted by Crippen LogP contribution is 2.30. The van der Waals surface area contributed by atoms with Crippen LogP contribution in [-0.4, -0.2) is 12.1 Å². The number of hydrogen-bond acceptors (Lipinski definition) is 5. The molecule has 0 spiro atoms. The molecule has 1 aromatic heterocycles. The molecule has 0 radical (unpaired) electrons. The lowest BCUT2D eigenvalue weighted by Crippen LogP contribution is -2.02. The Morgan fingerprint density at radius 1 is 1.33 bits per heavy atom. The number of nitrogens with zero attached hydrogens (tertiary/aromatic N) is 1. The van der Waals surface area contributed by atoms with Gasteiger partial charge in [0, 0.05) is 22.8 Å². The summed E-state index contributed by atoms with van der Waals surface area (Å²) in [6.45, 7) is 0.554. The third-order valence-corrected chi connectivity index (χ3v) is 4.45. The standard InChI is InChI=1S/C15H14ClN3OS/c1-20-13-4-2-3-11(16)10(13)8-18-15-19-12-6-5-9(17)7-14(12)21-15/h2-7H,8,17H2,1H3,(H,18,19). The van der Waals surface area contributed by atoms with Gasteiger partial charge in [0.1, 0.15) is 5.75 Å². The Kier molecular flexibility index (Phi) is 3.86. The van der Waals surface area contributed by atoms with Crippen LogP contribution in [0.3, 0.4) is 0 Å². The second-order valence-electron chi connectivity index (χ2n) is 4.52. The lowest BCUT2D eigenvalue weighted by molar-refractivity contribution is 0.410. The highest BCUT2D eigenvalue weighted by molar-refractivity contribution is 7.22. The molecule has 0 saturated carbocycles. The van der Waals surface area contributed by atoms with Crippen LogP contribution >= 0.6 is 22.9 Å². The highest BCUT2D eigenvalue weighted by Gasteiger charge is 2.09. The number of fused-ring (bicyclic) bond motifs is 1. The van der Waals surface area contributed by atoms with Crippen LogP contribution in [0.25, 0.3) is 10.2 Å². The summed E-state index contributed by atoms with van der Waals surface area (Å²) in [5.74, 6) is 0.764. The minimum atomic E-state index is 0.554. The third-order valence-electron chi connectivity index (χ3n) is 3.12. The van der Waals surface area contributed by atoms with E-state index in [2.05, 4.69) is 10.3 Å². The van der Waals surface area contributed by atoms with Gasteiger partial charge in [0.2, 0.25) is 0 Å². The number of thiazole rings is 1. The fourth-order valence-electron chi connectivity index (χ4n) is 2.08. The van der Waals surface area contributed by atoms with Crippen molar-refractivity contribution in [2.75, 3.05) is 18.2 Å². The maximum atomic E-state index is 6.22. The lowest BCUT2D eigenvalue weighted by Gasteiger charge is -2.10. The molecule has 2 aromatic carbocycles. The second-order valence-corrected chi connectivity index (χ2v) is 5.96. The van der Waals surface area contributed by atoms with Gasteiger partial charge < -0.3 is 15.8 Å². The molecule has 0 amide bonds. The van der Waals surface area contributed by atoms with E-state index >= 15 is 0 Å². The maximum absolute atomic E-state index is 6.22. The Balaban J connectivity index is 1.83. The molecule has 0 aliphatic carbocycles. The number of halogens is 1. The largest absolute Gasteiger partial charge is 0.496 e. The molecular weight excluding hydrogens is 306 g/mol. The third kappa shape index (κ3) is 2.89. The predicted octanol–water partition coefficient (Wildman–Crippen LogP) is 4.15. The number of anilines is 2. The summed E-state index contributed by atoms with van der Waals surface area (Å²) in [5.41, 5.74) is 8.37. The van der Waals surface area contributed by atoms with Crippen molar-refractivity contribution in [3.63, 3.8) is 0 Å².